The summed E-state index contributed by atoms with van der Waals surface area (Å²) in [7, 11) is 1.54. The molecule has 3 aromatic carbocycles. The van der Waals surface area contributed by atoms with Crippen LogP contribution in [-0.4, -0.2) is 41.8 Å². The van der Waals surface area contributed by atoms with Crippen molar-refractivity contribution in [2.75, 3.05) is 12.0 Å². The van der Waals surface area contributed by atoms with E-state index in [9.17, 15) is 19.2 Å². The number of ketones is 1. The first-order valence-corrected chi connectivity index (χ1v) is 15.0. The molecule has 9 heteroatoms. The number of pyridine rings is 1. The maximum atomic E-state index is 13.5. The third kappa shape index (κ3) is 5.35. The number of esters is 1. The molecule has 2 aliphatic rings. The van der Waals surface area contributed by atoms with E-state index in [0.717, 1.165) is 19.3 Å². The van der Waals surface area contributed by atoms with E-state index >= 15 is 0 Å². The third-order valence-corrected chi connectivity index (χ3v) is 8.95. The molecule has 1 saturated carbocycles. The van der Waals surface area contributed by atoms with E-state index in [1.807, 2.05) is 0 Å². The van der Waals surface area contributed by atoms with Crippen molar-refractivity contribution in [2.45, 2.75) is 39.2 Å². The highest BCUT2D eigenvalue weighted by Gasteiger charge is 2.49. The summed E-state index contributed by atoms with van der Waals surface area (Å²) in [4.78, 5) is 58.9. The molecule has 224 valence electrons. The molecule has 4 atom stereocenters. The van der Waals surface area contributed by atoms with Gasteiger partial charge in [0, 0.05) is 16.5 Å². The molecular weight excluding hydrogens is 580 g/mol. The molecule has 1 aliphatic heterocycles. The third-order valence-electron chi connectivity index (χ3n) is 8.65. The van der Waals surface area contributed by atoms with Gasteiger partial charge in [0.2, 0.25) is 17.6 Å². The van der Waals surface area contributed by atoms with E-state index < -0.39 is 12.1 Å². The Morgan fingerprint density at radius 2 is 1.66 bits per heavy atom. The number of anilines is 1. The lowest BCUT2D eigenvalue weighted by molar-refractivity contribution is -0.122. The summed E-state index contributed by atoms with van der Waals surface area (Å²) in [6.45, 7) is 3.65. The van der Waals surface area contributed by atoms with Gasteiger partial charge in [-0.1, -0.05) is 42.8 Å². The van der Waals surface area contributed by atoms with Crippen LogP contribution in [0.4, 0.5) is 5.69 Å². The van der Waals surface area contributed by atoms with E-state index in [1.54, 1.807) is 72.8 Å². The van der Waals surface area contributed by atoms with Gasteiger partial charge in [0.15, 0.2) is 6.10 Å². The summed E-state index contributed by atoms with van der Waals surface area (Å²) in [5, 5.41) is 0.833. The minimum atomic E-state index is -1.05. The summed E-state index contributed by atoms with van der Waals surface area (Å²) in [5.41, 5.74) is 2.60. The van der Waals surface area contributed by atoms with Gasteiger partial charge in [0.25, 0.3) is 0 Å². The van der Waals surface area contributed by atoms with Crippen molar-refractivity contribution in [1.82, 2.24) is 4.98 Å². The van der Waals surface area contributed by atoms with E-state index in [-0.39, 0.29) is 35.0 Å². The van der Waals surface area contributed by atoms with Gasteiger partial charge in [0.1, 0.15) is 5.75 Å². The Morgan fingerprint density at radius 3 is 2.36 bits per heavy atom. The Bertz CT molecular complexity index is 1790. The molecule has 8 nitrogen and oxygen atoms in total. The predicted octanol–water partition coefficient (Wildman–Crippen LogP) is 6.92. The van der Waals surface area contributed by atoms with Gasteiger partial charge in [-0.15, -0.1) is 0 Å². The number of Topliss-reactive ketones (excluding diaryl/α,β-unsaturated/α-hetero) is 1. The average molecular weight is 611 g/mol. The zero-order valence-electron chi connectivity index (χ0n) is 24.6. The van der Waals surface area contributed by atoms with Gasteiger partial charge in [-0.05, 0) is 80.6 Å². The van der Waals surface area contributed by atoms with Crippen molar-refractivity contribution in [1.29, 1.82) is 0 Å². The maximum absolute atomic E-state index is 13.5. The lowest BCUT2D eigenvalue weighted by atomic mass is 9.76. The van der Waals surface area contributed by atoms with E-state index in [2.05, 4.69) is 6.92 Å². The van der Waals surface area contributed by atoms with Crippen molar-refractivity contribution in [3.8, 4) is 17.0 Å². The zero-order chi connectivity index (χ0) is 31.1. The summed E-state index contributed by atoms with van der Waals surface area (Å²) in [6.07, 6.45) is 1.36. The van der Waals surface area contributed by atoms with Crippen LogP contribution in [0.1, 0.15) is 53.8 Å². The second kappa shape index (κ2) is 11.8. The van der Waals surface area contributed by atoms with Crippen molar-refractivity contribution < 1.29 is 28.7 Å². The number of hydrogen-bond donors (Lipinski definition) is 0. The molecule has 4 unspecified atom stereocenters. The first-order valence-electron chi connectivity index (χ1n) is 14.6. The lowest BCUT2D eigenvalue weighted by Gasteiger charge is -2.25. The topological polar surface area (TPSA) is 103 Å². The number of hydrogen-bond acceptors (Lipinski definition) is 7. The number of methoxy groups -OCH3 is 1. The van der Waals surface area contributed by atoms with Crippen LogP contribution in [0.2, 0.25) is 5.02 Å². The minimum absolute atomic E-state index is 0.140. The van der Waals surface area contributed by atoms with Crippen LogP contribution >= 0.6 is 11.6 Å². The van der Waals surface area contributed by atoms with Crippen LogP contribution < -0.4 is 9.64 Å². The van der Waals surface area contributed by atoms with Gasteiger partial charge in [-0.2, -0.15) is 0 Å². The first-order chi connectivity index (χ1) is 21.2. The van der Waals surface area contributed by atoms with Crippen molar-refractivity contribution in [3.05, 3.63) is 88.9 Å². The molecule has 2 amide bonds. The largest absolute Gasteiger partial charge is 0.497 e. The number of fused-ring (bicyclic) bond motifs is 2. The number of carbonyl (C=O) groups is 4. The van der Waals surface area contributed by atoms with E-state index in [0.29, 0.717) is 50.1 Å². The standard InChI is InChI=1S/C35H31ClN2O6/c1-19-7-16-26-27(17-19)34(41)38(33(26)40)23-12-8-21(9-13-23)30-18-28(25-5-4-6-29(36)31(25)37-30)35(42)44-20(2)32(39)22-10-14-24(43-3)15-11-22/h4-6,8-15,18-20,26-27H,7,16-17H2,1-3H3. The van der Waals surface area contributed by atoms with Crippen LogP contribution in [0.3, 0.4) is 0 Å². The molecule has 0 bridgehead atoms. The first kappa shape index (κ1) is 29.5. The smallest absolute Gasteiger partial charge is 0.339 e. The number of ether oxygens (including phenoxy) is 2. The molecule has 2 fully saturated rings. The van der Waals surface area contributed by atoms with E-state index in [1.165, 1.54) is 18.9 Å². The average Bonchev–Trinajstić information content (AvgIpc) is 3.28. The van der Waals surface area contributed by atoms with Gasteiger partial charge in [-0.3, -0.25) is 19.3 Å². The maximum Gasteiger partial charge on any atom is 0.339 e. The van der Waals surface area contributed by atoms with E-state index in [4.69, 9.17) is 26.1 Å². The lowest BCUT2D eigenvalue weighted by Crippen LogP contribution is -2.30. The van der Waals surface area contributed by atoms with Crippen LogP contribution in [0, 0.1) is 17.8 Å². The molecule has 2 heterocycles. The Morgan fingerprint density at radius 1 is 0.955 bits per heavy atom. The molecule has 1 aromatic heterocycles. The fraction of sp³-hybridized carbons (Fsp3) is 0.286. The molecule has 44 heavy (non-hydrogen) atoms. The number of benzene rings is 3. The summed E-state index contributed by atoms with van der Waals surface area (Å²) in [6, 6.07) is 20.2. The number of para-hydroxylation sites is 1. The Kier molecular flexibility index (Phi) is 7.95. The van der Waals surface area contributed by atoms with Crippen LogP contribution in [0.25, 0.3) is 22.2 Å². The van der Waals surface area contributed by atoms with Gasteiger partial charge in [-0.25, -0.2) is 9.78 Å². The number of aromatic nitrogens is 1. The Balaban J connectivity index is 1.28. The minimum Gasteiger partial charge on any atom is -0.497 e. The highest BCUT2D eigenvalue weighted by atomic mass is 35.5. The second-order valence-electron chi connectivity index (χ2n) is 11.5. The molecule has 4 aromatic rings. The van der Waals surface area contributed by atoms with Gasteiger partial charge in [0.05, 0.1) is 46.4 Å². The number of nitrogens with zero attached hydrogens (tertiary/aromatic N) is 2. The molecule has 0 N–H and O–H groups in total. The van der Waals surface area contributed by atoms with Crippen LogP contribution in [0.5, 0.6) is 5.75 Å². The molecular formula is C35H31ClN2O6. The van der Waals surface area contributed by atoms with Gasteiger partial charge >= 0.3 is 5.97 Å². The second-order valence-corrected chi connectivity index (χ2v) is 11.9. The Labute approximate surface area is 259 Å². The molecule has 0 radical (unpaired) electrons. The number of imide groups is 1. The fourth-order valence-electron chi connectivity index (χ4n) is 6.22. The number of carbonyl (C=O) groups excluding carboxylic acids is 4. The highest BCUT2D eigenvalue weighted by Crippen LogP contribution is 2.42. The van der Waals surface area contributed by atoms with Crippen molar-refractivity contribution in [2.24, 2.45) is 17.8 Å². The summed E-state index contributed by atoms with van der Waals surface area (Å²) in [5.74, 6) is -0.816. The summed E-state index contributed by atoms with van der Waals surface area (Å²) < 4.78 is 10.8. The highest BCUT2D eigenvalue weighted by molar-refractivity contribution is 6.35. The number of rotatable bonds is 7. The van der Waals surface area contributed by atoms with Crippen molar-refractivity contribution >= 4 is 51.8 Å². The monoisotopic (exact) mass is 610 g/mol. The number of halogens is 1. The van der Waals surface area contributed by atoms with Crippen molar-refractivity contribution in [3.63, 3.8) is 0 Å². The molecule has 6 rings (SSSR count). The van der Waals surface area contributed by atoms with Crippen LogP contribution in [-0.2, 0) is 14.3 Å². The molecule has 1 saturated heterocycles. The van der Waals surface area contributed by atoms with Crippen LogP contribution in [0.15, 0.2) is 72.8 Å². The summed E-state index contributed by atoms with van der Waals surface area (Å²) >= 11 is 6.51. The normalized spacial score (nSPS) is 20.4. The quantitative estimate of drug-likeness (QED) is 0.127. The Hall–Kier alpha value is -4.56. The van der Waals surface area contributed by atoms with Gasteiger partial charge < -0.3 is 9.47 Å². The number of amides is 2. The predicted molar refractivity (Wildman–Crippen MR) is 167 cm³/mol. The zero-order valence-corrected chi connectivity index (χ0v) is 25.3. The molecule has 0 spiro atoms. The molecule has 1 aliphatic carbocycles. The SMILES string of the molecule is COc1ccc(C(=O)C(C)OC(=O)c2cc(-c3ccc(N4C(=O)C5CCC(C)CC5C4=O)cc3)nc3c(Cl)cccc23)cc1. The fourth-order valence-corrected chi connectivity index (χ4v) is 6.44.